The molecule has 142 valence electrons. The normalized spacial score (nSPS) is 15.5. The summed E-state index contributed by atoms with van der Waals surface area (Å²) in [5.41, 5.74) is 2.40. The molecule has 8 nitrogen and oxygen atoms in total. The molecule has 0 atom stereocenters. The zero-order valence-corrected chi connectivity index (χ0v) is 15.9. The summed E-state index contributed by atoms with van der Waals surface area (Å²) in [6.07, 6.45) is 3.10. The van der Waals surface area contributed by atoms with Crippen molar-refractivity contribution in [2.45, 2.75) is 25.4 Å². The van der Waals surface area contributed by atoms with Gasteiger partial charge in [0.25, 0.3) is 5.56 Å². The van der Waals surface area contributed by atoms with Crippen molar-refractivity contribution in [3.63, 3.8) is 0 Å². The van der Waals surface area contributed by atoms with Gasteiger partial charge in [-0.15, -0.1) is 16.4 Å². The maximum absolute atomic E-state index is 12.7. The molecule has 1 aliphatic heterocycles. The molecule has 0 aliphatic carbocycles. The number of imidazole rings is 1. The van der Waals surface area contributed by atoms with Gasteiger partial charge in [-0.25, -0.2) is 9.67 Å². The lowest BCUT2D eigenvalue weighted by atomic mass is 10.1. The Kier molecular flexibility index (Phi) is 4.16. The Balaban J connectivity index is 1.28. The van der Waals surface area contributed by atoms with E-state index in [4.69, 9.17) is 0 Å². The molecule has 4 heterocycles. The summed E-state index contributed by atoms with van der Waals surface area (Å²) in [6.45, 7) is 1.48. The van der Waals surface area contributed by atoms with E-state index < -0.39 is 0 Å². The Bertz CT molecular complexity index is 1220. The molecule has 0 bridgehead atoms. The second-order valence-electron chi connectivity index (χ2n) is 6.95. The van der Waals surface area contributed by atoms with E-state index in [-0.39, 0.29) is 24.1 Å². The summed E-state index contributed by atoms with van der Waals surface area (Å²) in [4.78, 5) is 31.6. The van der Waals surface area contributed by atoms with Gasteiger partial charge >= 0.3 is 0 Å². The van der Waals surface area contributed by atoms with Gasteiger partial charge in [-0.1, -0.05) is 17.3 Å². The SMILES string of the molecule is O=C(Cn1cnc2ccccc21)N1CCC(n2nnc3ccsc3c2=O)CC1. The largest absolute Gasteiger partial charge is 0.341 e. The minimum absolute atomic E-state index is 0.0235. The quantitative estimate of drug-likeness (QED) is 0.531. The topological polar surface area (TPSA) is 85.9 Å². The van der Waals surface area contributed by atoms with Crippen LogP contribution in [-0.2, 0) is 11.3 Å². The third-order valence-corrected chi connectivity index (χ3v) is 6.18. The second kappa shape index (κ2) is 6.83. The van der Waals surface area contributed by atoms with Crippen LogP contribution in [0.5, 0.6) is 0 Å². The summed E-state index contributed by atoms with van der Waals surface area (Å²) in [7, 11) is 0. The number of fused-ring (bicyclic) bond motifs is 2. The van der Waals surface area contributed by atoms with E-state index in [1.54, 1.807) is 12.4 Å². The highest BCUT2D eigenvalue weighted by molar-refractivity contribution is 7.17. The number of hydrogen-bond acceptors (Lipinski definition) is 6. The Morgan fingerprint density at radius 3 is 2.82 bits per heavy atom. The lowest BCUT2D eigenvalue weighted by Crippen LogP contribution is -2.42. The van der Waals surface area contributed by atoms with Crippen molar-refractivity contribution < 1.29 is 4.79 Å². The van der Waals surface area contributed by atoms with E-state index >= 15 is 0 Å². The van der Waals surface area contributed by atoms with E-state index in [1.807, 2.05) is 39.1 Å². The van der Waals surface area contributed by atoms with Crippen LogP contribution in [0.4, 0.5) is 0 Å². The molecule has 1 amide bonds. The molecule has 0 saturated carbocycles. The zero-order valence-electron chi connectivity index (χ0n) is 15.1. The first-order chi connectivity index (χ1) is 13.7. The number of piperidine rings is 1. The number of likely N-dealkylation sites (tertiary alicyclic amines) is 1. The number of para-hydroxylation sites is 2. The van der Waals surface area contributed by atoms with Crippen molar-refractivity contribution in [3.8, 4) is 0 Å². The van der Waals surface area contributed by atoms with Gasteiger partial charge in [0, 0.05) is 13.1 Å². The Morgan fingerprint density at radius 1 is 1.14 bits per heavy atom. The average Bonchev–Trinajstić information content (AvgIpc) is 3.36. The number of nitrogens with zero attached hydrogens (tertiary/aromatic N) is 6. The number of aromatic nitrogens is 5. The smallest absolute Gasteiger partial charge is 0.287 e. The molecule has 5 rings (SSSR count). The van der Waals surface area contributed by atoms with Crippen molar-refractivity contribution in [2.75, 3.05) is 13.1 Å². The third kappa shape index (κ3) is 2.88. The predicted molar refractivity (Wildman–Crippen MR) is 106 cm³/mol. The molecule has 1 saturated heterocycles. The minimum Gasteiger partial charge on any atom is -0.341 e. The number of thiophene rings is 1. The molecule has 0 spiro atoms. The first-order valence-corrected chi connectivity index (χ1v) is 10.1. The highest BCUT2D eigenvalue weighted by Crippen LogP contribution is 2.22. The lowest BCUT2D eigenvalue weighted by Gasteiger charge is -2.32. The molecule has 0 unspecified atom stereocenters. The van der Waals surface area contributed by atoms with Gasteiger partial charge in [0.15, 0.2) is 0 Å². The van der Waals surface area contributed by atoms with Crippen molar-refractivity contribution in [3.05, 3.63) is 52.4 Å². The standard InChI is InChI=1S/C19H18N6O2S/c26-17(11-24-12-20-14-3-1-2-4-16(14)24)23-8-5-13(6-9-23)25-19(27)18-15(21-22-25)7-10-28-18/h1-4,7,10,12-13H,5-6,8-9,11H2. The fourth-order valence-corrected chi connectivity index (χ4v) is 4.52. The fourth-order valence-electron chi connectivity index (χ4n) is 3.76. The fraction of sp³-hybridized carbons (Fsp3) is 0.316. The van der Waals surface area contributed by atoms with Gasteiger partial charge < -0.3 is 9.47 Å². The Hall–Kier alpha value is -3.07. The van der Waals surface area contributed by atoms with Crippen LogP contribution in [0.2, 0.25) is 0 Å². The second-order valence-corrected chi connectivity index (χ2v) is 7.86. The van der Waals surface area contributed by atoms with E-state index in [2.05, 4.69) is 15.3 Å². The van der Waals surface area contributed by atoms with Crippen LogP contribution < -0.4 is 5.56 Å². The minimum atomic E-state index is -0.0883. The molecule has 0 radical (unpaired) electrons. The van der Waals surface area contributed by atoms with Crippen LogP contribution in [0.1, 0.15) is 18.9 Å². The summed E-state index contributed by atoms with van der Waals surface area (Å²) in [5.74, 6) is 0.0637. The monoisotopic (exact) mass is 394 g/mol. The number of hydrogen-bond donors (Lipinski definition) is 0. The van der Waals surface area contributed by atoms with E-state index in [0.717, 1.165) is 11.0 Å². The number of carbonyl (C=O) groups is 1. The molecule has 0 N–H and O–H groups in total. The number of amides is 1. The van der Waals surface area contributed by atoms with Gasteiger partial charge in [0.2, 0.25) is 5.91 Å². The zero-order chi connectivity index (χ0) is 19.1. The molecular formula is C19H18N6O2S. The van der Waals surface area contributed by atoms with Gasteiger partial charge in [0.05, 0.1) is 23.4 Å². The van der Waals surface area contributed by atoms with Crippen molar-refractivity contribution in [1.82, 2.24) is 29.4 Å². The van der Waals surface area contributed by atoms with Gasteiger partial charge in [-0.3, -0.25) is 9.59 Å². The first kappa shape index (κ1) is 17.1. The number of benzene rings is 1. The molecule has 4 aromatic rings. The summed E-state index contributed by atoms with van der Waals surface area (Å²) in [6, 6.07) is 9.56. The highest BCUT2D eigenvalue weighted by Gasteiger charge is 2.26. The molecule has 28 heavy (non-hydrogen) atoms. The van der Waals surface area contributed by atoms with E-state index in [9.17, 15) is 9.59 Å². The Morgan fingerprint density at radius 2 is 1.96 bits per heavy atom. The predicted octanol–water partition coefficient (Wildman–Crippen LogP) is 2.07. The van der Waals surface area contributed by atoms with Gasteiger partial charge in [0.1, 0.15) is 16.8 Å². The highest BCUT2D eigenvalue weighted by atomic mass is 32.1. The third-order valence-electron chi connectivity index (χ3n) is 5.29. The number of rotatable bonds is 3. The van der Waals surface area contributed by atoms with Crippen LogP contribution in [0.3, 0.4) is 0 Å². The maximum Gasteiger partial charge on any atom is 0.287 e. The van der Waals surface area contributed by atoms with Crippen LogP contribution in [0.15, 0.2) is 46.8 Å². The van der Waals surface area contributed by atoms with Crippen LogP contribution in [0, 0.1) is 0 Å². The van der Waals surface area contributed by atoms with Crippen LogP contribution in [0.25, 0.3) is 21.3 Å². The molecule has 1 fully saturated rings. The molecule has 3 aromatic heterocycles. The van der Waals surface area contributed by atoms with E-state index in [0.29, 0.717) is 36.1 Å². The molecule has 9 heteroatoms. The van der Waals surface area contributed by atoms with Gasteiger partial charge in [-0.2, -0.15) is 0 Å². The molecule has 1 aromatic carbocycles. The van der Waals surface area contributed by atoms with Crippen LogP contribution >= 0.6 is 11.3 Å². The Labute approximate surface area is 164 Å². The van der Waals surface area contributed by atoms with E-state index in [1.165, 1.54) is 16.0 Å². The van der Waals surface area contributed by atoms with Crippen LogP contribution in [-0.4, -0.2) is 48.4 Å². The molecular weight excluding hydrogens is 376 g/mol. The van der Waals surface area contributed by atoms with Crippen molar-refractivity contribution in [1.29, 1.82) is 0 Å². The van der Waals surface area contributed by atoms with Gasteiger partial charge in [-0.05, 0) is 36.4 Å². The first-order valence-electron chi connectivity index (χ1n) is 9.21. The van der Waals surface area contributed by atoms with Crippen molar-refractivity contribution in [2.24, 2.45) is 0 Å². The lowest BCUT2D eigenvalue weighted by molar-refractivity contribution is -0.133. The van der Waals surface area contributed by atoms with Crippen molar-refractivity contribution >= 4 is 38.5 Å². The average molecular weight is 394 g/mol. The maximum atomic E-state index is 12.7. The summed E-state index contributed by atoms with van der Waals surface area (Å²) < 4.78 is 4.01. The molecule has 1 aliphatic rings. The summed E-state index contributed by atoms with van der Waals surface area (Å²) >= 11 is 1.39. The summed E-state index contributed by atoms with van der Waals surface area (Å²) in [5, 5.41) is 10.1. The number of carbonyl (C=O) groups excluding carboxylic acids is 1.